The minimum atomic E-state index is -0.340. The smallest absolute Gasteiger partial charge is 0.272 e. The summed E-state index contributed by atoms with van der Waals surface area (Å²) in [5, 5.41) is 6.40. The Kier molecular flexibility index (Phi) is 4.46. The van der Waals surface area contributed by atoms with Crippen LogP contribution in [0.4, 0.5) is 5.69 Å². The second-order valence-electron chi connectivity index (χ2n) is 4.93. The molecular formula is C13H18N6O2. The van der Waals surface area contributed by atoms with Crippen LogP contribution in [-0.4, -0.2) is 32.6 Å². The number of hydrogen-bond donors (Lipinski definition) is 2. The molecule has 2 rings (SSSR count). The summed E-state index contributed by atoms with van der Waals surface area (Å²) >= 11 is 0. The van der Waals surface area contributed by atoms with Gasteiger partial charge in [-0.25, -0.2) is 9.97 Å². The van der Waals surface area contributed by atoms with E-state index in [-0.39, 0.29) is 23.2 Å². The number of nitrogens with one attached hydrogen (secondary N) is 1. The fourth-order valence-electron chi connectivity index (χ4n) is 1.67. The molecule has 0 atom stereocenters. The van der Waals surface area contributed by atoms with Crippen LogP contribution in [-0.2, 0) is 6.42 Å². The van der Waals surface area contributed by atoms with E-state index < -0.39 is 0 Å². The third-order valence-electron chi connectivity index (χ3n) is 2.76. The lowest BCUT2D eigenvalue weighted by atomic mass is 10.2. The van der Waals surface area contributed by atoms with E-state index in [1.807, 2.05) is 13.8 Å². The van der Waals surface area contributed by atoms with Gasteiger partial charge in [0.1, 0.15) is 5.82 Å². The van der Waals surface area contributed by atoms with Crippen molar-refractivity contribution in [1.82, 2.24) is 25.4 Å². The van der Waals surface area contributed by atoms with Crippen molar-refractivity contribution < 1.29 is 9.32 Å². The number of carbonyl (C=O) groups excluding carboxylic acids is 1. The van der Waals surface area contributed by atoms with Crippen LogP contribution in [0, 0.1) is 6.92 Å². The number of nitrogens with zero attached hydrogens (tertiary/aromatic N) is 4. The largest absolute Gasteiger partial charge is 0.396 e. The number of aromatic nitrogens is 4. The Morgan fingerprint density at radius 1 is 1.43 bits per heavy atom. The first-order valence-corrected chi connectivity index (χ1v) is 6.67. The molecule has 0 aromatic carbocycles. The Morgan fingerprint density at radius 2 is 2.19 bits per heavy atom. The van der Waals surface area contributed by atoms with E-state index >= 15 is 0 Å². The van der Waals surface area contributed by atoms with Gasteiger partial charge >= 0.3 is 0 Å². The quantitative estimate of drug-likeness (QED) is 0.837. The Labute approximate surface area is 122 Å². The molecule has 0 aliphatic rings. The molecule has 0 aliphatic heterocycles. The lowest BCUT2D eigenvalue weighted by Gasteiger charge is -2.09. The second-order valence-corrected chi connectivity index (χ2v) is 4.93. The van der Waals surface area contributed by atoms with Gasteiger partial charge in [0.05, 0.1) is 11.9 Å². The van der Waals surface area contributed by atoms with Gasteiger partial charge in [-0.05, 0) is 6.92 Å². The van der Waals surface area contributed by atoms with Crippen molar-refractivity contribution in [2.75, 3.05) is 12.3 Å². The van der Waals surface area contributed by atoms with Crippen LogP contribution in [0.1, 0.15) is 47.8 Å². The molecule has 3 N–H and O–H groups in total. The molecule has 1 amide bonds. The predicted octanol–water partition coefficient (Wildman–Crippen LogP) is 0.846. The maximum absolute atomic E-state index is 12.1. The molecule has 0 unspecified atom stereocenters. The van der Waals surface area contributed by atoms with Gasteiger partial charge in [0, 0.05) is 18.9 Å². The minimum absolute atomic E-state index is 0.124. The van der Waals surface area contributed by atoms with Crippen LogP contribution >= 0.6 is 0 Å². The highest BCUT2D eigenvalue weighted by Gasteiger charge is 2.15. The summed E-state index contributed by atoms with van der Waals surface area (Å²) in [6, 6.07) is 0. The number of anilines is 1. The van der Waals surface area contributed by atoms with E-state index in [1.54, 1.807) is 6.92 Å². The highest BCUT2D eigenvalue weighted by molar-refractivity contribution is 5.96. The number of nitrogens with two attached hydrogens (primary N) is 1. The SMILES string of the molecule is Cc1noc(CCNC(=O)c2nc(C(C)C)ncc2N)n1. The zero-order chi connectivity index (χ0) is 15.4. The summed E-state index contributed by atoms with van der Waals surface area (Å²) in [6.07, 6.45) is 1.91. The molecule has 2 heterocycles. The van der Waals surface area contributed by atoms with E-state index in [4.69, 9.17) is 10.3 Å². The van der Waals surface area contributed by atoms with Crippen molar-refractivity contribution in [3.63, 3.8) is 0 Å². The van der Waals surface area contributed by atoms with E-state index in [9.17, 15) is 4.79 Å². The molecule has 0 aliphatic carbocycles. The summed E-state index contributed by atoms with van der Waals surface area (Å²) in [6.45, 7) is 6.00. The number of rotatable bonds is 5. The molecule has 8 heteroatoms. The summed E-state index contributed by atoms with van der Waals surface area (Å²) in [7, 11) is 0. The van der Waals surface area contributed by atoms with E-state index in [1.165, 1.54) is 6.20 Å². The Bertz CT molecular complexity index is 637. The van der Waals surface area contributed by atoms with Crippen LogP contribution in [0.25, 0.3) is 0 Å². The topological polar surface area (TPSA) is 120 Å². The molecule has 2 aromatic heterocycles. The third kappa shape index (κ3) is 3.74. The molecule has 0 spiro atoms. The first-order chi connectivity index (χ1) is 9.97. The lowest BCUT2D eigenvalue weighted by Crippen LogP contribution is -2.28. The summed E-state index contributed by atoms with van der Waals surface area (Å²) in [5.74, 6) is 1.41. The molecule has 8 nitrogen and oxygen atoms in total. The predicted molar refractivity (Wildman–Crippen MR) is 75.6 cm³/mol. The average molecular weight is 290 g/mol. The van der Waals surface area contributed by atoms with Gasteiger partial charge < -0.3 is 15.6 Å². The Hall–Kier alpha value is -2.51. The zero-order valence-electron chi connectivity index (χ0n) is 12.3. The van der Waals surface area contributed by atoms with Crippen molar-refractivity contribution in [2.45, 2.75) is 33.1 Å². The molecule has 0 radical (unpaired) electrons. The van der Waals surface area contributed by atoms with Crippen LogP contribution in [0.2, 0.25) is 0 Å². The molecule has 0 saturated heterocycles. The number of amides is 1. The fraction of sp³-hybridized carbons (Fsp3) is 0.462. The molecular weight excluding hydrogens is 272 g/mol. The van der Waals surface area contributed by atoms with Gasteiger partial charge in [-0.2, -0.15) is 4.98 Å². The van der Waals surface area contributed by atoms with Crippen LogP contribution in [0.5, 0.6) is 0 Å². The highest BCUT2D eigenvalue weighted by Crippen LogP contribution is 2.13. The maximum atomic E-state index is 12.1. The first-order valence-electron chi connectivity index (χ1n) is 6.67. The standard InChI is InChI=1S/C13H18N6O2/c1-7(2)12-16-6-9(14)11(18-12)13(20)15-5-4-10-17-8(3)19-21-10/h6-7H,4-5,14H2,1-3H3,(H,15,20). The number of carbonyl (C=O) groups is 1. The van der Waals surface area contributed by atoms with Crippen molar-refractivity contribution in [1.29, 1.82) is 0 Å². The summed E-state index contributed by atoms with van der Waals surface area (Å²) in [4.78, 5) is 24.4. The van der Waals surface area contributed by atoms with Crippen molar-refractivity contribution in [2.24, 2.45) is 0 Å². The lowest BCUT2D eigenvalue weighted by molar-refractivity contribution is 0.0949. The van der Waals surface area contributed by atoms with E-state index in [0.717, 1.165) is 0 Å². The van der Waals surface area contributed by atoms with Crippen molar-refractivity contribution >= 4 is 11.6 Å². The van der Waals surface area contributed by atoms with E-state index in [2.05, 4.69) is 25.4 Å². The molecule has 0 saturated carbocycles. The number of aryl methyl sites for hydroxylation is 1. The molecule has 0 fully saturated rings. The van der Waals surface area contributed by atoms with Crippen LogP contribution in [0.3, 0.4) is 0 Å². The average Bonchev–Trinajstić information content (AvgIpc) is 2.84. The van der Waals surface area contributed by atoms with Gasteiger partial charge in [-0.15, -0.1) is 0 Å². The molecule has 112 valence electrons. The van der Waals surface area contributed by atoms with Gasteiger partial charge in [-0.3, -0.25) is 4.79 Å². The van der Waals surface area contributed by atoms with Crippen molar-refractivity contribution in [3.05, 3.63) is 29.4 Å². The maximum Gasteiger partial charge on any atom is 0.272 e. The summed E-state index contributed by atoms with van der Waals surface area (Å²) < 4.78 is 4.96. The number of hydrogen-bond acceptors (Lipinski definition) is 7. The van der Waals surface area contributed by atoms with E-state index in [0.29, 0.717) is 30.5 Å². The van der Waals surface area contributed by atoms with Crippen LogP contribution < -0.4 is 11.1 Å². The van der Waals surface area contributed by atoms with Gasteiger partial charge in [-0.1, -0.05) is 19.0 Å². The van der Waals surface area contributed by atoms with Crippen molar-refractivity contribution in [3.8, 4) is 0 Å². The number of nitrogen functional groups attached to an aromatic ring is 1. The molecule has 2 aromatic rings. The van der Waals surface area contributed by atoms with Crippen LogP contribution in [0.15, 0.2) is 10.7 Å². The van der Waals surface area contributed by atoms with Gasteiger partial charge in [0.25, 0.3) is 5.91 Å². The van der Waals surface area contributed by atoms with Gasteiger partial charge in [0.15, 0.2) is 11.5 Å². The second kappa shape index (κ2) is 6.29. The fourth-order valence-corrected chi connectivity index (χ4v) is 1.67. The Balaban J connectivity index is 1.98. The minimum Gasteiger partial charge on any atom is -0.396 e. The normalized spacial score (nSPS) is 10.9. The highest BCUT2D eigenvalue weighted by atomic mass is 16.5. The zero-order valence-corrected chi connectivity index (χ0v) is 12.3. The monoisotopic (exact) mass is 290 g/mol. The summed E-state index contributed by atoms with van der Waals surface area (Å²) in [5.41, 5.74) is 6.20. The van der Waals surface area contributed by atoms with Gasteiger partial charge in [0.2, 0.25) is 5.89 Å². The third-order valence-corrected chi connectivity index (χ3v) is 2.76. The molecule has 21 heavy (non-hydrogen) atoms. The first kappa shape index (κ1) is 14.9. The molecule has 0 bridgehead atoms. The Morgan fingerprint density at radius 3 is 2.81 bits per heavy atom.